The maximum Gasteiger partial charge on any atom is 0.219 e. The number of methoxy groups -OCH3 is 1. The molecule has 41 heavy (non-hydrogen) atoms. The van der Waals surface area contributed by atoms with E-state index in [1.807, 2.05) is 77.6 Å². The summed E-state index contributed by atoms with van der Waals surface area (Å²) in [6, 6.07) is 22.0. The van der Waals surface area contributed by atoms with Crippen LogP contribution in [0.25, 0.3) is 16.6 Å². The third-order valence-corrected chi connectivity index (χ3v) is 7.26. The first-order valence-electron chi connectivity index (χ1n) is 13.4. The molecule has 5 aromatic rings. The summed E-state index contributed by atoms with van der Waals surface area (Å²) >= 11 is 0. The Kier molecular flexibility index (Phi) is 8.45. The molecule has 2 heterocycles. The Hall–Kier alpha value is -4.89. The molecule has 1 amide bonds. The normalized spacial score (nSPS) is 12.6. The summed E-state index contributed by atoms with van der Waals surface area (Å²) in [7, 11) is 1.59. The van der Waals surface area contributed by atoms with Gasteiger partial charge in [-0.2, -0.15) is 0 Å². The molecule has 0 radical (unpaired) electrons. The second kappa shape index (κ2) is 12.5. The van der Waals surface area contributed by atoms with E-state index in [-0.39, 0.29) is 31.4 Å². The number of aromatic amines is 1. The monoisotopic (exact) mass is 551 g/mol. The summed E-state index contributed by atoms with van der Waals surface area (Å²) in [5, 5.41) is 0.938. The number of para-hydroxylation sites is 2. The van der Waals surface area contributed by atoms with Crippen LogP contribution in [-0.2, 0) is 16.1 Å². The lowest BCUT2D eigenvalue weighted by molar-refractivity contribution is -0.132. The summed E-state index contributed by atoms with van der Waals surface area (Å²) in [5.74, 6) is 0.130. The third-order valence-electron chi connectivity index (χ3n) is 7.26. The second-order valence-corrected chi connectivity index (χ2v) is 9.85. The second-order valence-electron chi connectivity index (χ2n) is 9.85. The van der Waals surface area contributed by atoms with Gasteiger partial charge in [0.25, 0.3) is 0 Å². The highest BCUT2D eigenvalue weighted by Crippen LogP contribution is 2.30. The van der Waals surface area contributed by atoms with Gasteiger partial charge in [-0.1, -0.05) is 36.4 Å². The summed E-state index contributed by atoms with van der Waals surface area (Å²) in [5.41, 5.74) is 10.3. The molecule has 0 spiro atoms. The molecule has 2 atom stereocenters. The number of benzene rings is 3. The molecule has 2 unspecified atom stereocenters. The molecule has 0 fully saturated rings. The Labute approximate surface area is 238 Å². The van der Waals surface area contributed by atoms with Crippen LogP contribution in [-0.4, -0.2) is 51.4 Å². The van der Waals surface area contributed by atoms with E-state index >= 15 is 0 Å². The van der Waals surface area contributed by atoms with Crippen molar-refractivity contribution in [1.29, 1.82) is 0 Å². The van der Waals surface area contributed by atoms with E-state index in [2.05, 4.69) is 9.97 Å². The van der Waals surface area contributed by atoms with Crippen molar-refractivity contribution in [2.45, 2.75) is 19.5 Å². The molecule has 0 saturated carbocycles. The molecule has 3 aromatic carbocycles. The van der Waals surface area contributed by atoms with E-state index in [0.29, 0.717) is 11.5 Å². The molecule has 9 nitrogen and oxygen atoms in total. The van der Waals surface area contributed by atoms with Crippen LogP contribution >= 0.6 is 0 Å². The predicted molar refractivity (Wildman–Crippen MR) is 157 cm³/mol. The minimum absolute atomic E-state index is 0.121. The zero-order chi connectivity index (χ0) is 28.8. The maximum atomic E-state index is 13.8. The number of Topliss-reactive ketones (excluding diaryl/α,β-unsaturated/α-hetero) is 1. The van der Waals surface area contributed by atoms with Gasteiger partial charge < -0.3 is 29.7 Å². The van der Waals surface area contributed by atoms with Crippen molar-refractivity contribution in [2.75, 3.05) is 20.3 Å². The van der Waals surface area contributed by atoms with Crippen molar-refractivity contribution in [1.82, 2.24) is 19.4 Å². The molecule has 5 rings (SSSR count). The first kappa shape index (κ1) is 27.7. The van der Waals surface area contributed by atoms with Crippen LogP contribution in [0.5, 0.6) is 11.5 Å². The molecular formula is C32H33N5O4. The van der Waals surface area contributed by atoms with Crippen molar-refractivity contribution in [2.24, 2.45) is 11.7 Å². The van der Waals surface area contributed by atoms with Gasteiger partial charge in [0.15, 0.2) is 5.78 Å². The average Bonchev–Trinajstić information content (AvgIpc) is 3.69. The minimum Gasteiger partial charge on any atom is -0.496 e. The van der Waals surface area contributed by atoms with E-state index in [4.69, 9.17) is 15.2 Å². The number of carbonyl (C=O) groups is 2. The van der Waals surface area contributed by atoms with E-state index in [0.717, 1.165) is 27.7 Å². The van der Waals surface area contributed by atoms with Crippen LogP contribution in [0, 0.1) is 5.92 Å². The number of H-pyrrole nitrogens is 1. The molecule has 0 aliphatic carbocycles. The number of amides is 1. The number of imidazole rings is 1. The van der Waals surface area contributed by atoms with E-state index < -0.39 is 12.0 Å². The van der Waals surface area contributed by atoms with Crippen molar-refractivity contribution in [3.8, 4) is 17.2 Å². The van der Waals surface area contributed by atoms with E-state index in [1.54, 1.807) is 36.7 Å². The van der Waals surface area contributed by atoms with Crippen molar-refractivity contribution >= 4 is 22.6 Å². The lowest BCUT2D eigenvalue weighted by Gasteiger charge is -2.30. The topological polar surface area (TPSA) is 115 Å². The zero-order valence-electron chi connectivity index (χ0n) is 23.1. The number of fused-ring (bicyclic) bond motifs is 1. The average molecular weight is 552 g/mol. The van der Waals surface area contributed by atoms with Crippen molar-refractivity contribution in [3.05, 3.63) is 109 Å². The quantitative estimate of drug-likeness (QED) is 0.233. The molecule has 210 valence electrons. The van der Waals surface area contributed by atoms with E-state index in [1.165, 1.54) is 6.92 Å². The standard InChI is InChI=1S/C32H33N5O4/c1-22(38)37(18-23-7-3-6-10-31(23)40-2)19-28(32(33)27-17-35-29-9-5-4-8-26(27)29)30(39)20-41-25-13-11-24(12-14-25)36-16-15-34-21-36/h3-17,21,28,32,35H,18-20,33H2,1-2H3. The first-order valence-corrected chi connectivity index (χ1v) is 13.4. The minimum atomic E-state index is -0.724. The predicted octanol–water partition coefficient (Wildman–Crippen LogP) is 4.68. The van der Waals surface area contributed by atoms with Gasteiger partial charge in [-0.05, 0) is 42.0 Å². The molecular weight excluding hydrogens is 518 g/mol. The van der Waals surface area contributed by atoms with Crippen LogP contribution in [0.4, 0.5) is 0 Å². The third kappa shape index (κ3) is 6.31. The molecule has 2 aromatic heterocycles. The summed E-state index contributed by atoms with van der Waals surface area (Å²) in [6.07, 6.45) is 7.10. The van der Waals surface area contributed by atoms with Gasteiger partial charge in [-0.3, -0.25) is 9.59 Å². The number of ketones is 1. The van der Waals surface area contributed by atoms with Gasteiger partial charge >= 0.3 is 0 Å². The van der Waals surface area contributed by atoms with Gasteiger partial charge in [-0.25, -0.2) is 4.98 Å². The van der Waals surface area contributed by atoms with E-state index in [9.17, 15) is 9.59 Å². The summed E-state index contributed by atoms with van der Waals surface area (Å²) < 4.78 is 13.3. The van der Waals surface area contributed by atoms with Gasteiger partial charge in [0.05, 0.1) is 19.4 Å². The first-order chi connectivity index (χ1) is 19.9. The van der Waals surface area contributed by atoms with Crippen LogP contribution in [0.3, 0.4) is 0 Å². The molecule has 0 bridgehead atoms. The number of ether oxygens (including phenoxy) is 2. The number of nitrogens with two attached hydrogens (primary N) is 1. The number of hydrogen-bond acceptors (Lipinski definition) is 6. The van der Waals surface area contributed by atoms with Crippen LogP contribution in [0.15, 0.2) is 97.7 Å². The van der Waals surface area contributed by atoms with Crippen LogP contribution in [0.2, 0.25) is 0 Å². The molecule has 0 aliphatic rings. The Morgan fingerprint density at radius 3 is 2.54 bits per heavy atom. The Balaban J connectivity index is 1.38. The zero-order valence-corrected chi connectivity index (χ0v) is 23.1. The van der Waals surface area contributed by atoms with Crippen LogP contribution < -0.4 is 15.2 Å². The fourth-order valence-electron chi connectivity index (χ4n) is 4.97. The number of rotatable bonds is 12. The maximum absolute atomic E-state index is 13.8. The molecule has 0 saturated heterocycles. The smallest absolute Gasteiger partial charge is 0.219 e. The van der Waals surface area contributed by atoms with Gasteiger partial charge in [-0.15, -0.1) is 0 Å². The highest BCUT2D eigenvalue weighted by Gasteiger charge is 2.32. The number of aromatic nitrogens is 3. The highest BCUT2D eigenvalue weighted by atomic mass is 16.5. The lowest BCUT2D eigenvalue weighted by Crippen LogP contribution is -2.42. The highest BCUT2D eigenvalue weighted by molar-refractivity contribution is 5.87. The van der Waals surface area contributed by atoms with Gasteiger partial charge in [0.1, 0.15) is 18.1 Å². The SMILES string of the molecule is COc1ccccc1CN(CC(C(=O)COc1ccc(-n2ccnc2)cc1)C(N)c1c[nH]c2ccccc12)C(C)=O. The Morgan fingerprint density at radius 2 is 1.80 bits per heavy atom. The largest absolute Gasteiger partial charge is 0.496 e. The summed E-state index contributed by atoms with van der Waals surface area (Å²) in [6.45, 7) is 1.70. The molecule has 9 heteroatoms. The molecule has 3 N–H and O–H groups in total. The van der Waals surface area contributed by atoms with Crippen molar-refractivity contribution < 1.29 is 19.1 Å². The lowest BCUT2D eigenvalue weighted by atomic mass is 9.89. The van der Waals surface area contributed by atoms with Crippen molar-refractivity contribution in [3.63, 3.8) is 0 Å². The Morgan fingerprint density at radius 1 is 1.05 bits per heavy atom. The Bertz CT molecular complexity index is 1610. The van der Waals surface area contributed by atoms with Crippen LogP contribution in [0.1, 0.15) is 24.1 Å². The van der Waals surface area contributed by atoms with Gasteiger partial charge in [0.2, 0.25) is 5.91 Å². The number of nitrogens with zero attached hydrogens (tertiary/aromatic N) is 3. The fourth-order valence-corrected chi connectivity index (χ4v) is 4.97. The summed E-state index contributed by atoms with van der Waals surface area (Å²) in [4.78, 5) is 35.6. The number of carbonyl (C=O) groups excluding carboxylic acids is 2. The van der Waals surface area contributed by atoms with Gasteiger partial charge in [0, 0.05) is 66.8 Å². The fraction of sp³-hybridized carbons (Fsp3) is 0.219. The number of hydrogen-bond donors (Lipinski definition) is 2. The molecule has 0 aliphatic heterocycles. The number of nitrogens with one attached hydrogen (secondary N) is 1.